The van der Waals surface area contributed by atoms with E-state index in [2.05, 4.69) is 10.0 Å². The zero-order valence-corrected chi connectivity index (χ0v) is 18.0. The molecule has 0 heterocycles. The SMILES string of the molecule is CN(CC(=O)NC1CC1)C(=O)COC(=O)c1cccc(S(=O)(=O)Nc2ccc(F)cc2)c1. The molecule has 0 unspecified atom stereocenters. The topological polar surface area (TPSA) is 122 Å². The number of rotatable bonds is 9. The molecule has 2 amide bonds. The van der Waals surface area contributed by atoms with Gasteiger partial charge in [-0.25, -0.2) is 17.6 Å². The minimum Gasteiger partial charge on any atom is -0.452 e. The number of esters is 1. The Hall–Kier alpha value is -3.47. The summed E-state index contributed by atoms with van der Waals surface area (Å²) >= 11 is 0. The van der Waals surface area contributed by atoms with Gasteiger partial charge < -0.3 is 15.0 Å². The number of carbonyl (C=O) groups is 3. The fourth-order valence-electron chi connectivity index (χ4n) is 2.65. The molecule has 0 bridgehead atoms. The van der Waals surface area contributed by atoms with E-state index in [1.807, 2.05) is 0 Å². The molecule has 1 aliphatic carbocycles. The van der Waals surface area contributed by atoms with Gasteiger partial charge in [0, 0.05) is 18.8 Å². The van der Waals surface area contributed by atoms with E-state index in [0.717, 1.165) is 35.9 Å². The van der Waals surface area contributed by atoms with Gasteiger partial charge in [-0.05, 0) is 55.3 Å². The number of anilines is 1. The van der Waals surface area contributed by atoms with Crippen LogP contribution in [0.5, 0.6) is 0 Å². The summed E-state index contributed by atoms with van der Waals surface area (Å²) in [5.74, 6) is -2.28. The number of likely N-dealkylation sites (N-methyl/N-ethyl adjacent to an activating group) is 1. The van der Waals surface area contributed by atoms with Crippen molar-refractivity contribution in [3.05, 3.63) is 59.9 Å². The van der Waals surface area contributed by atoms with E-state index in [-0.39, 0.29) is 34.6 Å². The van der Waals surface area contributed by atoms with Crippen LogP contribution in [0.25, 0.3) is 0 Å². The van der Waals surface area contributed by atoms with Crippen LogP contribution < -0.4 is 10.0 Å². The van der Waals surface area contributed by atoms with Crippen LogP contribution in [0, 0.1) is 5.82 Å². The lowest BCUT2D eigenvalue weighted by molar-refractivity contribution is -0.137. The van der Waals surface area contributed by atoms with Gasteiger partial charge in [-0.1, -0.05) is 6.07 Å². The molecule has 170 valence electrons. The minimum atomic E-state index is -4.05. The van der Waals surface area contributed by atoms with Crippen molar-refractivity contribution in [2.45, 2.75) is 23.8 Å². The summed E-state index contributed by atoms with van der Waals surface area (Å²) in [7, 11) is -2.63. The van der Waals surface area contributed by atoms with Crippen LogP contribution in [-0.2, 0) is 24.3 Å². The maximum atomic E-state index is 13.0. The highest BCUT2D eigenvalue weighted by molar-refractivity contribution is 7.92. The summed E-state index contributed by atoms with van der Waals surface area (Å²) in [5.41, 5.74) is 0.0765. The van der Waals surface area contributed by atoms with Gasteiger partial charge in [0.15, 0.2) is 6.61 Å². The maximum Gasteiger partial charge on any atom is 0.338 e. The van der Waals surface area contributed by atoms with E-state index in [0.29, 0.717) is 0 Å². The lowest BCUT2D eigenvalue weighted by Gasteiger charge is -2.16. The summed E-state index contributed by atoms with van der Waals surface area (Å²) in [5, 5.41) is 2.75. The van der Waals surface area contributed by atoms with E-state index in [9.17, 15) is 27.2 Å². The molecule has 32 heavy (non-hydrogen) atoms. The van der Waals surface area contributed by atoms with Crippen LogP contribution in [-0.4, -0.2) is 57.3 Å². The number of hydrogen-bond acceptors (Lipinski definition) is 6. The number of hydrogen-bond donors (Lipinski definition) is 2. The first-order chi connectivity index (χ1) is 15.1. The summed E-state index contributed by atoms with van der Waals surface area (Å²) in [4.78, 5) is 37.1. The van der Waals surface area contributed by atoms with Gasteiger partial charge in [0.05, 0.1) is 17.0 Å². The molecular formula is C21H22FN3O6S. The molecule has 2 aromatic rings. The second-order valence-electron chi connectivity index (χ2n) is 7.31. The Kier molecular flexibility index (Phi) is 7.08. The Morgan fingerprint density at radius 2 is 1.81 bits per heavy atom. The van der Waals surface area contributed by atoms with E-state index in [1.165, 1.54) is 37.4 Å². The zero-order valence-electron chi connectivity index (χ0n) is 17.2. The standard InChI is InChI=1S/C21H22FN3O6S/c1-25(12-19(26)23-16-9-10-16)20(27)13-31-21(28)14-3-2-4-18(11-14)32(29,30)24-17-7-5-15(22)6-8-17/h2-8,11,16,24H,9-10,12-13H2,1H3,(H,23,26). The predicted molar refractivity (Wildman–Crippen MR) is 113 cm³/mol. The van der Waals surface area contributed by atoms with E-state index in [1.54, 1.807) is 0 Å². The fraction of sp³-hybridized carbons (Fsp3) is 0.286. The maximum absolute atomic E-state index is 13.0. The highest BCUT2D eigenvalue weighted by atomic mass is 32.2. The third kappa shape index (κ3) is 6.51. The van der Waals surface area contributed by atoms with Crippen molar-refractivity contribution in [3.63, 3.8) is 0 Å². The Morgan fingerprint density at radius 3 is 2.47 bits per heavy atom. The van der Waals surface area contributed by atoms with Crippen LogP contribution in [0.2, 0.25) is 0 Å². The first-order valence-corrected chi connectivity index (χ1v) is 11.2. The molecule has 3 rings (SSSR count). The van der Waals surface area contributed by atoms with Crippen LogP contribution in [0.15, 0.2) is 53.4 Å². The molecule has 1 saturated carbocycles. The van der Waals surface area contributed by atoms with Crippen molar-refractivity contribution in [1.29, 1.82) is 0 Å². The lowest BCUT2D eigenvalue weighted by Crippen LogP contribution is -2.40. The quantitative estimate of drug-likeness (QED) is 0.544. The molecule has 0 saturated heterocycles. The molecule has 9 nitrogen and oxygen atoms in total. The molecule has 0 aliphatic heterocycles. The molecule has 11 heteroatoms. The molecule has 0 aromatic heterocycles. The van der Waals surface area contributed by atoms with Gasteiger partial charge >= 0.3 is 5.97 Å². The number of amides is 2. The zero-order chi connectivity index (χ0) is 23.3. The van der Waals surface area contributed by atoms with Crippen LogP contribution in [0.3, 0.4) is 0 Å². The first kappa shape index (κ1) is 23.2. The monoisotopic (exact) mass is 463 g/mol. The first-order valence-electron chi connectivity index (χ1n) is 9.73. The van der Waals surface area contributed by atoms with Crippen molar-refractivity contribution in [2.75, 3.05) is 24.9 Å². The van der Waals surface area contributed by atoms with Gasteiger partial charge in [-0.3, -0.25) is 14.3 Å². The highest BCUT2D eigenvalue weighted by Crippen LogP contribution is 2.19. The van der Waals surface area contributed by atoms with Crippen LogP contribution >= 0.6 is 0 Å². The number of sulfonamides is 1. The number of nitrogens with zero attached hydrogens (tertiary/aromatic N) is 1. The highest BCUT2D eigenvalue weighted by Gasteiger charge is 2.24. The van der Waals surface area contributed by atoms with Crippen LogP contribution in [0.1, 0.15) is 23.2 Å². The number of nitrogens with one attached hydrogen (secondary N) is 2. The van der Waals surface area contributed by atoms with E-state index in [4.69, 9.17) is 4.74 Å². The molecule has 2 N–H and O–H groups in total. The normalized spacial score (nSPS) is 13.2. The van der Waals surface area contributed by atoms with Gasteiger partial charge in [0.25, 0.3) is 15.9 Å². The third-order valence-electron chi connectivity index (χ3n) is 4.55. The van der Waals surface area contributed by atoms with Crippen LogP contribution in [0.4, 0.5) is 10.1 Å². The number of carbonyl (C=O) groups excluding carboxylic acids is 3. The number of benzene rings is 2. The van der Waals surface area contributed by atoms with E-state index < -0.39 is 34.3 Å². The molecule has 1 aliphatic rings. The number of halogens is 1. The van der Waals surface area contributed by atoms with Crippen molar-refractivity contribution < 1.29 is 31.9 Å². The predicted octanol–water partition coefficient (Wildman–Crippen LogP) is 1.52. The number of ether oxygens (including phenoxy) is 1. The van der Waals surface area contributed by atoms with Crippen molar-refractivity contribution in [1.82, 2.24) is 10.2 Å². The lowest BCUT2D eigenvalue weighted by atomic mass is 10.2. The summed E-state index contributed by atoms with van der Waals surface area (Å²) in [6.45, 7) is -0.757. The molecule has 0 spiro atoms. The molecule has 0 atom stereocenters. The molecular weight excluding hydrogens is 441 g/mol. The van der Waals surface area contributed by atoms with Gasteiger partial charge in [0.1, 0.15) is 5.82 Å². The second-order valence-corrected chi connectivity index (χ2v) is 8.99. The van der Waals surface area contributed by atoms with Crippen molar-refractivity contribution in [2.24, 2.45) is 0 Å². The van der Waals surface area contributed by atoms with Gasteiger partial charge in [-0.15, -0.1) is 0 Å². The molecule has 2 aromatic carbocycles. The average molecular weight is 463 g/mol. The van der Waals surface area contributed by atoms with E-state index >= 15 is 0 Å². The van der Waals surface area contributed by atoms with Gasteiger partial charge in [-0.2, -0.15) is 0 Å². The summed E-state index contributed by atoms with van der Waals surface area (Å²) in [6, 6.07) is 9.99. The fourth-order valence-corrected chi connectivity index (χ4v) is 3.75. The second kappa shape index (κ2) is 9.77. The van der Waals surface area contributed by atoms with Gasteiger partial charge in [0.2, 0.25) is 5.91 Å². The third-order valence-corrected chi connectivity index (χ3v) is 5.93. The Labute approximate surface area is 184 Å². The molecule has 1 fully saturated rings. The largest absolute Gasteiger partial charge is 0.452 e. The Balaban J connectivity index is 1.57. The minimum absolute atomic E-state index is 0.0751. The molecule has 0 radical (unpaired) electrons. The smallest absolute Gasteiger partial charge is 0.338 e. The van der Waals surface area contributed by atoms with Crippen molar-refractivity contribution >= 4 is 33.5 Å². The van der Waals surface area contributed by atoms with Crippen molar-refractivity contribution in [3.8, 4) is 0 Å². The Morgan fingerprint density at radius 1 is 1.12 bits per heavy atom. The summed E-state index contributed by atoms with van der Waals surface area (Å²) in [6.07, 6.45) is 1.85. The average Bonchev–Trinajstić information content (AvgIpc) is 3.57. The Bertz CT molecular complexity index is 1120. The summed E-state index contributed by atoms with van der Waals surface area (Å²) < 4.78 is 45.3.